The third-order valence-electron chi connectivity index (χ3n) is 2.65. The molecule has 1 aliphatic carbocycles. The maximum absolute atomic E-state index is 11.7. The molecular weight excluding hydrogens is 272 g/mol. The summed E-state index contributed by atoms with van der Waals surface area (Å²) in [5.41, 5.74) is 7.83. The van der Waals surface area contributed by atoms with Gasteiger partial charge in [-0.1, -0.05) is 30.9 Å². The smallest absolute Gasteiger partial charge is 0.408 e. The van der Waals surface area contributed by atoms with Gasteiger partial charge in [-0.2, -0.15) is 0 Å². The lowest BCUT2D eigenvalue weighted by Crippen LogP contribution is -2.38. The SMILES string of the molecule is C=C1C=C(CC(N)=S)C=C1[C@@H](C)NC(=O)OC(C)(C)C. The summed E-state index contributed by atoms with van der Waals surface area (Å²) in [7, 11) is 0. The van der Waals surface area contributed by atoms with E-state index in [0.717, 1.165) is 16.7 Å². The van der Waals surface area contributed by atoms with Crippen molar-refractivity contribution in [2.24, 2.45) is 5.73 Å². The normalized spacial score (nSPS) is 16.3. The molecule has 0 bridgehead atoms. The van der Waals surface area contributed by atoms with E-state index in [4.69, 9.17) is 22.7 Å². The van der Waals surface area contributed by atoms with Crippen molar-refractivity contribution >= 4 is 23.3 Å². The number of carbonyl (C=O) groups excluding carboxylic acids is 1. The minimum atomic E-state index is -0.514. The molecule has 1 atom stereocenters. The average Bonchev–Trinajstić information content (AvgIpc) is 2.54. The van der Waals surface area contributed by atoms with Crippen molar-refractivity contribution in [3.05, 3.63) is 35.5 Å². The Morgan fingerprint density at radius 3 is 2.60 bits per heavy atom. The van der Waals surface area contributed by atoms with Gasteiger partial charge in [0.2, 0.25) is 0 Å². The molecule has 5 heteroatoms. The van der Waals surface area contributed by atoms with Crippen LogP contribution in [0.1, 0.15) is 34.1 Å². The Morgan fingerprint density at radius 1 is 1.50 bits per heavy atom. The Morgan fingerprint density at radius 2 is 2.10 bits per heavy atom. The number of amides is 1. The molecule has 3 N–H and O–H groups in total. The highest BCUT2D eigenvalue weighted by molar-refractivity contribution is 7.80. The van der Waals surface area contributed by atoms with Gasteiger partial charge in [-0.3, -0.25) is 0 Å². The molecule has 0 aliphatic heterocycles. The van der Waals surface area contributed by atoms with E-state index in [1.807, 2.05) is 39.8 Å². The summed E-state index contributed by atoms with van der Waals surface area (Å²) in [5.74, 6) is 0. The van der Waals surface area contributed by atoms with Crippen LogP contribution in [-0.4, -0.2) is 22.7 Å². The van der Waals surface area contributed by atoms with E-state index in [1.54, 1.807) is 0 Å². The van der Waals surface area contributed by atoms with Gasteiger partial charge in [-0.25, -0.2) is 4.79 Å². The van der Waals surface area contributed by atoms with Gasteiger partial charge < -0.3 is 15.8 Å². The number of nitrogens with two attached hydrogens (primary N) is 1. The van der Waals surface area contributed by atoms with Gasteiger partial charge >= 0.3 is 6.09 Å². The molecule has 0 aromatic rings. The van der Waals surface area contributed by atoms with Crippen LogP contribution in [0, 0.1) is 0 Å². The lowest BCUT2D eigenvalue weighted by molar-refractivity contribution is 0.0516. The first-order valence-electron chi connectivity index (χ1n) is 6.48. The predicted octanol–water partition coefficient (Wildman–Crippen LogP) is 3.00. The molecular formula is C15H22N2O2S. The quantitative estimate of drug-likeness (QED) is 0.782. The highest BCUT2D eigenvalue weighted by Crippen LogP contribution is 2.26. The van der Waals surface area contributed by atoms with Gasteiger partial charge in [0, 0.05) is 6.42 Å². The van der Waals surface area contributed by atoms with Gasteiger partial charge in [-0.15, -0.1) is 0 Å². The number of thiocarbonyl (C=S) groups is 1. The zero-order chi connectivity index (χ0) is 15.5. The van der Waals surface area contributed by atoms with E-state index in [-0.39, 0.29) is 6.04 Å². The maximum atomic E-state index is 11.7. The van der Waals surface area contributed by atoms with Crippen LogP contribution in [0.5, 0.6) is 0 Å². The van der Waals surface area contributed by atoms with Crippen molar-refractivity contribution in [2.45, 2.75) is 45.8 Å². The highest BCUT2D eigenvalue weighted by atomic mass is 32.1. The van der Waals surface area contributed by atoms with E-state index in [1.165, 1.54) is 0 Å². The third kappa shape index (κ3) is 5.17. The largest absolute Gasteiger partial charge is 0.444 e. The topological polar surface area (TPSA) is 64.3 Å². The van der Waals surface area contributed by atoms with Crippen molar-refractivity contribution in [2.75, 3.05) is 0 Å². The summed E-state index contributed by atoms with van der Waals surface area (Å²) in [6, 6.07) is -0.183. The second-order valence-electron chi connectivity index (χ2n) is 5.86. The first-order chi connectivity index (χ1) is 9.08. The van der Waals surface area contributed by atoms with Crippen molar-refractivity contribution < 1.29 is 9.53 Å². The third-order valence-corrected chi connectivity index (χ3v) is 2.79. The molecule has 0 radical (unpaired) electrons. The zero-order valence-electron chi connectivity index (χ0n) is 12.4. The summed E-state index contributed by atoms with van der Waals surface area (Å²) in [6.07, 6.45) is 3.99. The Hall–Kier alpha value is -1.62. The van der Waals surface area contributed by atoms with E-state index >= 15 is 0 Å². The summed E-state index contributed by atoms with van der Waals surface area (Å²) in [4.78, 5) is 12.2. The van der Waals surface area contributed by atoms with Crippen molar-refractivity contribution in [1.82, 2.24) is 5.32 Å². The number of allylic oxidation sites excluding steroid dienone is 2. The van der Waals surface area contributed by atoms with Gasteiger partial charge in [0.25, 0.3) is 0 Å². The molecule has 110 valence electrons. The molecule has 0 saturated carbocycles. The molecule has 0 aromatic heterocycles. The van der Waals surface area contributed by atoms with Crippen LogP contribution in [0.25, 0.3) is 0 Å². The molecule has 0 fully saturated rings. The van der Waals surface area contributed by atoms with E-state index < -0.39 is 11.7 Å². The van der Waals surface area contributed by atoms with Gasteiger partial charge in [0.15, 0.2) is 0 Å². The van der Waals surface area contributed by atoms with E-state index in [9.17, 15) is 4.79 Å². The van der Waals surface area contributed by atoms with Crippen LogP contribution < -0.4 is 11.1 Å². The number of hydrogen-bond donors (Lipinski definition) is 2. The van der Waals surface area contributed by atoms with Crippen LogP contribution in [0.15, 0.2) is 35.5 Å². The fraction of sp³-hybridized carbons (Fsp3) is 0.467. The summed E-state index contributed by atoms with van der Waals surface area (Å²) < 4.78 is 5.23. The van der Waals surface area contributed by atoms with Crippen LogP contribution in [0.3, 0.4) is 0 Å². The molecule has 1 rings (SSSR count). The maximum Gasteiger partial charge on any atom is 0.408 e. The Balaban J connectivity index is 2.65. The van der Waals surface area contributed by atoms with Crippen molar-refractivity contribution in [3.63, 3.8) is 0 Å². The molecule has 1 aliphatic rings. The summed E-state index contributed by atoms with van der Waals surface area (Å²) in [5, 5.41) is 2.79. The van der Waals surface area contributed by atoms with Crippen molar-refractivity contribution in [3.8, 4) is 0 Å². The highest BCUT2D eigenvalue weighted by Gasteiger charge is 2.22. The number of carbonyl (C=O) groups is 1. The number of rotatable bonds is 4. The lowest BCUT2D eigenvalue weighted by Gasteiger charge is -2.22. The molecule has 1 amide bonds. The predicted molar refractivity (Wildman–Crippen MR) is 85.5 cm³/mol. The fourth-order valence-electron chi connectivity index (χ4n) is 1.91. The van der Waals surface area contributed by atoms with E-state index in [0.29, 0.717) is 11.4 Å². The average molecular weight is 294 g/mol. The Kier molecular flexibility index (Phi) is 5.11. The van der Waals surface area contributed by atoms with Gasteiger partial charge in [-0.05, 0) is 44.4 Å². The second-order valence-corrected chi connectivity index (χ2v) is 6.38. The van der Waals surface area contributed by atoms with E-state index in [2.05, 4.69) is 11.9 Å². The Bertz CT molecular complexity index is 498. The molecule has 0 unspecified atom stereocenters. The van der Waals surface area contributed by atoms with Crippen LogP contribution in [0.2, 0.25) is 0 Å². The number of ether oxygens (including phenoxy) is 1. The molecule has 4 nitrogen and oxygen atoms in total. The van der Waals surface area contributed by atoms with Gasteiger partial charge in [0.05, 0.1) is 11.0 Å². The molecule has 0 aromatic carbocycles. The fourth-order valence-corrected chi connectivity index (χ4v) is 2.08. The first kappa shape index (κ1) is 16.4. The molecule has 0 spiro atoms. The number of hydrogen-bond acceptors (Lipinski definition) is 3. The lowest BCUT2D eigenvalue weighted by atomic mass is 10.0. The molecule has 0 saturated heterocycles. The second kappa shape index (κ2) is 6.22. The Labute approximate surface area is 125 Å². The number of nitrogens with one attached hydrogen (secondary N) is 1. The summed E-state index contributed by atoms with van der Waals surface area (Å²) >= 11 is 4.89. The minimum absolute atomic E-state index is 0.183. The monoisotopic (exact) mass is 294 g/mol. The minimum Gasteiger partial charge on any atom is -0.444 e. The van der Waals surface area contributed by atoms with Crippen LogP contribution in [-0.2, 0) is 4.74 Å². The first-order valence-corrected chi connectivity index (χ1v) is 6.88. The number of alkyl carbamates (subject to hydrolysis) is 1. The van der Waals surface area contributed by atoms with Crippen LogP contribution >= 0.6 is 12.2 Å². The summed E-state index contributed by atoms with van der Waals surface area (Å²) in [6.45, 7) is 11.3. The zero-order valence-corrected chi connectivity index (χ0v) is 13.3. The van der Waals surface area contributed by atoms with Gasteiger partial charge in [0.1, 0.15) is 5.60 Å². The van der Waals surface area contributed by atoms with Crippen molar-refractivity contribution in [1.29, 1.82) is 0 Å². The molecule has 0 heterocycles. The molecule has 20 heavy (non-hydrogen) atoms. The van der Waals surface area contributed by atoms with Crippen LogP contribution in [0.4, 0.5) is 4.79 Å². The standard InChI is InChI=1S/C15H22N2O2S/c1-9-6-11(8-13(16)20)7-12(9)10(2)17-14(18)19-15(3,4)5/h6-7,10H,1,8H2,2-5H3,(H2,16,20)(H,17,18)/t10-/m1/s1.